The maximum Gasteiger partial charge on any atom is 0.334 e. The number of H-pyrrole nitrogens is 1. The monoisotopic (exact) mass is 221 g/mol. The summed E-state index contributed by atoms with van der Waals surface area (Å²) in [7, 11) is 0. The van der Waals surface area contributed by atoms with Crippen molar-refractivity contribution in [2.75, 3.05) is 0 Å². The first kappa shape index (κ1) is 10.4. The van der Waals surface area contributed by atoms with Crippen molar-refractivity contribution in [2.24, 2.45) is 0 Å². The third-order valence-corrected chi connectivity index (χ3v) is 2.65. The van der Waals surface area contributed by atoms with Gasteiger partial charge in [0.1, 0.15) is 5.69 Å². The van der Waals surface area contributed by atoms with Gasteiger partial charge in [0, 0.05) is 5.69 Å². The van der Waals surface area contributed by atoms with E-state index in [1.165, 1.54) is 0 Å². The first-order valence-corrected chi connectivity index (χ1v) is 4.79. The minimum absolute atomic E-state index is 0.0691. The summed E-state index contributed by atoms with van der Waals surface area (Å²) in [5.74, 6) is -1.40. The summed E-state index contributed by atoms with van der Waals surface area (Å²) in [6, 6.07) is 0. The van der Waals surface area contributed by atoms with E-state index >= 15 is 0 Å². The van der Waals surface area contributed by atoms with E-state index in [2.05, 4.69) is 15.5 Å². The van der Waals surface area contributed by atoms with Gasteiger partial charge in [-0.3, -0.25) is 9.89 Å². The molecule has 0 fully saturated rings. The number of hydrogen-bond donors (Lipinski definition) is 3. The largest absolute Gasteiger partial charge is 0.478 e. The number of nitrogens with zero attached hydrogens (tertiary/aromatic N) is 1. The van der Waals surface area contributed by atoms with Gasteiger partial charge in [0.15, 0.2) is 0 Å². The summed E-state index contributed by atoms with van der Waals surface area (Å²) in [4.78, 5) is 22.2. The average molecular weight is 221 g/mol. The van der Waals surface area contributed by atoms with Crippen molar-refractivity contribution in [3.05, 3.63) is 22.5 Å². The summed E-state index contributed by atoms with van der Waals surface area (Å²) < 4.78 is 0. The van der Waals surface area contributed by atoms with Crippen LogP contribution in [-0.2, 0) is 9.59 Å². The zero-order chi connectivity index (χ0) is 11.9. The highest BCUT2D eigenvalue weighted by molar-refractivity contribution is 6.08. The van der Waals surface area contributed by atoms with Crippen LogP contribution in [0.15, 0.2) is 5.57 Å². The molecule has 1 aromatic heterocycles. The van der Waals surface area contributed by atoms with E-state index in [4.69, 9.17) is 5.11 Å². The molecule has 0 saturated carbocycles. The molecule has 2 heterocycles. The van der Waals surface area contributed by atoms with Crippen LogP contribution in [0.4, 0.5) is 0 Å². The molecular weight excluding hydrogens is 210 g/mol. The highest BCUT2D eigenvalue weighted by atomic mass is 16.4. The van der Waals surface area contributed by atoms with Gasteiger partial charge in [0.05, 0.1) is 17.7 Å². The highest BCUT2D eigenvalue weighted by Gasteiger charge is 2.29. The third-order valence-electron chi connectivity index (χ3n) is 2.65. The van der Waals surface area contributed by atoms with Crippen molar-refractivity contribution in [3.8, 4) is 0 Å². The smallest absolute Gasteiger partial charge is 0.334 e. The minimum Gasteiger partial charge on any atom is -0.478 e. The maximum absolute atomic E-state index is 11.2. The number of carbonyl (C=O) groups is 2. The lowest BCUT2D eigenvalue weighted by molar-refractivity contribution is -0.133. The van der Waals surface area contributed by atoms with Crippen molar-refractivity contribution in [3.63, 3.8) is 0 Å². The molecule has 1 aromatic rings. The molecule has 0 saturated heterocycles. The molecule has 6 heteroatoms. The average Bonchev–Trinajstić information content (AvgIpc) is 2.73. The van der Waals surface area contributed by atoms with E-state index in [1.807, 2.05) is 13.8 Å². The standard InChI is InChI=1S/C10H11N3O3/c1-4-5(2)12-13-8(4)9-6(10(15)16)3-7(14)11-9/h3H2,1-2H3,(H,11,14)(H,12,13)(H,15,16). The Morgan fingerprint density at radius 1 is 1.44 bits per heavy atom. The fourth-order valence-electron chi connectivity index (χ4n) is 1.62. The number of aromatic amines is 1. The SMILES string of the molecule is Cc1[nH]nc(C2=C(C(=O)O)CC(=O)N2)c1C. The van der Waals surface area contributed by atoms with Crippen molar-refractivity contribution in [1.82, 2.24) is 15.5 Å². The maximum atomic E-state index is 11.2. The summed E-state index contributed by atoms with van der Waals surface area (Å²) >= 11 is 0. The fraction of sp³-hybridized carbons (Fsp3) is 0.300. The number of aryl methyl sites for hydroxylation is 1. The third kappa shape index (κ3) is 1.48. The van der Waals surface area contributed by atoms with Crippen LogP contribution in [-0.4, -0.2) is 27.2 Å². The molecule has 6 nitrogen and oxygen atoms in total. The van der Waals surface area contributed by atoms with Crippen molar-refractivity contribution < 1.29 is 14.7 Å². The van der Waals surface area contributed by atoms with Crippen LogP contribution in [0, 0.1) is 13.8 Å². The van der Waals surface area contributed by atoms with Gasteiger partial charge in [0.25, 0.3) is 0 Å². The van der Waals surface area contributed by atoms with Crippen molar-refractivity contribution in [2.45, 2.75) is 20.3 Å². The van der Waals surface area contributed by atoms with Crippen molar-refractivity contribution >= 4 is 17.6 Å². The first-order valence-electron chi connectivity index (χ1n) is 4.79. The normalized spacial score (nSPS) is 15.5. The zero-order valence-corrected chi connectivity index (χ0v) is 8.92. The summed E-state index contributed by atoms with van der Waals surface area (Å²) in [5.41, 5.74) is 2.57. The van der Waals surface area contributed by atoms with Gasteiger partial charge >= 0.3 is 5.97 Å². The summed E-state index contributed by atoms with van der Waals surface area (Å²) in [6.45, 7) is 3.66. The van der Waals surface area contributed by atoms with Crippen LogP contribution in [0.25, 0.3) is 5.70 Å². The predicted molar refractivity (Wildman–Crippen MR) is 55.4 cm³/mol. The number of carboxylic acids is 1. The first-order chi connectivity index (χ1) is 7.50. The number of carbonyl (C=O) groups excluding carboxylic acids is 1. The number of aliphatic carboxylic acids is 1. The second-order valence-corrected chi connectivity index (χ2v) is 3.71. The second-order valence-electron chi connectivity index (χ2n) is 3.71. The molecule has 1 aliphatic heterocycles. The molecule has 16 heavy (non-hydrogen) atoms. The Balaban J connectivity index is 2.54. The van der Waals surface area contributed by atoms with Crippen molar-refractivity contribution in [1.29, 1.82) is 0 Å². The van der Waals surface area contributed by atoms with Gasteiger partial charge in [0.2, 0.25) is 5.91 Å². The molecule has 0 aliphatic carbocycles. The predicted octanol–water partition coefficient (Wildman–Crippen LogP) is 0.342. The highest BCUT2D eigenvalue weighted by Crippen LogP contribution is 2.25. The number of hydrogen-bond acceptors (Lipinski definition) is 3. The number of aromatic nitrogens is 2. The number of nitrogens with one attached hydrogen (secondary N) is 2. The molecule has 84 valence electrons. The molecule has 3 N–H and O–H groups in total. The minimum atomic E-state index is -1.09. The van der Waals surface area contributed by atoms with Crippen LogP contribution >= 0.6 is 0 Å². The molecule has 0 atom stereocenters. The number of carboxylic acid groups (broad SMARTS) is 1. The quantitative estimate of drug-likeness (QED) is 0.671. The van der Waals surface area contributed by atoms with E-state index in [-0.39, 0.29) is 17.9 Å². The summed E-state index contributed by atoms with van der Waals surface area (Å²) in [5, 5.41) is 18.3. The Kier molecular flexibility index (Phi) is 2.26. The second kappa shape index (κ2) is 3.48. The van der Waals surface area contributed by atoms with Gasteiger partial charge in [-0.1, -0.05) is 0 Å². The number of amides is 1. The Morgan fingerprint density at radius 2 is 2.12 bits per heavy atom. The molecule has 0 aromatic carbocycles. The van der Waals surface area contributed by atoms with E-state index in [0.29, 0.717) is 11.4 Å². The van der Waals surface area contributed by atoms with Crippen LogP contribution < -0.4 is 5.32 Å². The van der Waals surface area contributed by atoms with Crippen LogP contribution in [0.1, 0.15) is 23.4 Å². The molecule has 1 aliphatic rings. The van der Waals surface area contributed by atoms with Gasteiger partial charge in [-0.15, -0.1) is 0 Å². The fourth-order valence-corrected chi connectivity index (χ4v) is 1.62. The summed E-state index contributed by atoms with van der Waals surface area (Å²) in [6.07, 6.45) is -0.101. The zero-order valence-electron chi connectivity index (χ0n) is 8.92. The van der Waals surface area contributed by atoms with Gasteiger partial charge in [-0.05, 0) is 19.4 Å². The van der Waals surface area contributed by atoms with E-state index in [9.17, 15) is 9.59 Å². The van der Waals surface area contributed by atoms with Gasteiger partial charge < -0.3 is 10.4 Å². The Bertz CT molecular complexity index is 513. The van der Waals surface area contributed by atoms with Gasteiger partial charge in [-0.2, -0.15) is 5.10 Å². The lowest BCUT2D eigenvalue weighted by Crippen LogP contribution is -2.14. The Hall–Kier alpha value is -2.11. The van der Waals surface area contributed by atoms with Crippen LogP contribution in [0.2, 0.25) is 0 Å². The van der Waals surface area contributed by atoms with E-state index < -0.39 is 5.97 Å². The topological polar surface area (TPSA) is 95.1 Å². The van der Waals surface area contributed by atoms with Gasteiger partial charge in [-0.25, -0.2) is 4.79 Å². The Morgan fingerprint density at radius 3 is 2.62 bits per heavy atom. The Labute approximate surface area is 91.4 Å². The lowest BCUT2D eigenvalue weighted by Gasteiger charge is -2.01. The molecule has 0 unspecified atom stereocenters. The molecule has 0 bridgehead atoms. The van der Waals surface area contributed by atoms with Crippen LogP contribution in [0.5, 0.6) is 0 Å². The molecule has 0 radical (unpaired) electrons. The molecule has 0 spiro atoms. The number of rotatable bonds is 2. The van der Waals surface area contributed by atoms with E-state index in [1.54, 1.807) is 0 Å². The molecular formula is C10H11N3O3. The molecule has 2 rings (SSSR count). The van der Waals surface area contributed by atoms with E-state index in [0.717, 1.165) is 11.3 Å². The lowest BCUT2D eigenvalue weighted by atomic mass is 10.1. The van der Waals surface area contributed by atoms with Crippen LogP contribution in [0.3, 0.4) is 0 Å². The molecule has 1 amide bonds.